The average molecular weight is 289 g/mol. The fraction of sp³-hybridized carbons (Fsp3) is 0.667. The molecule has 3 nitrogen and oxygen atoms in total. The molecular formula is C18H27NO2. The molecule has 0 radical (unpaired) electrons. The van der Waals surface area contributed by atoms with E-state index in [1.807, 2.05) is 6.07 Å². The van der Waals surface area contributed by atoms with Crippen LogP contribution in [0.2, 0.25) is 0 Å². The van der Waals surface area contributed by atoms with Crippen molar-refractivity contribution in [1.82, 2.24) is 4.90 Å². The topological polar surface area (TPSA) is 32.7 Å². The van der Waals surface area contributed by atoms with Gasteiger partial charge in [-0.25, -0.2) is 0 Å². The van der Waals surface area contributed by atoms with Crippen LogP contribution in [0.4, 0.5) is 0 Å². The first-order chi connectivity index (χ1) is 9.97. The Morgan fingerprint density at radius 2 is 2.05 bits per heavy atom. The Kier molecular flexibility index (Phi) is 3.98. The van der Waals surface area contributed by atoms with E-state index in [-0.39, 0.29) is 11.7 Å². The molecule has 1 spiro atoms. The second-order valence-corrected chi connectivity index (χ2v) is 7.24. The maximum atomic E-state index is 10.5. The molecule has 0 saturated carbocycles. The van der Waals surface area contributed by atoms with E-state index < -0.39 is 0 Å². The van der Waals surface area contributed by atoms with Crippen LogP contribution in [0.3, 0.4) is 0 Å². The van der Waals surface area contributed by atoms with Crippen LogP contribution >= 0.6 is 0 Å². The van der Waals surface area contributed by atoms with Crippen LogP contribution in [0.5, 0.6) is 5.75 Å². The standard InChI is InChI=1S/C18H27NO2/c1-13(2)12-19-8-6-18(7-9-19)11-16(20)15-10-14(3)4-5-17(15)21-18/h4-5,10,13,16,20H,6-9,11-12H2,1-3H3/t16-/m1/s1. The number of hydrogen-bond acceptors (Lipinski definition) is 3. The molecule has 1 atom stereocenters. The van der Waals surface area contributed by atoms with Gasteiger partial charge < -0.3 is 14.7 Å². The largest absolute Gasteiger partial charge is 0.487 e. The van der Waals surface area contributed by atoms with Gasteiger partial charge in [-0.05, 0) is 37.8 Å². The third-order valence-corrected chi connectivity index (χ3v) is 4.81. The van der Waals surface area contributed by atoms with Crippen molar-refractivity contribution in [3.8, 4) is 5.75 Å². The van der Waals surface area contributed by atoms with Gasteiger partial charge in [-0.1, -0.05) is 25.5 Å². The lowest BCUT2D eigenvalue weighted by atomic mass is 9.81. The molecule has 0 aromatic heterocycles. The predicted octanol–water partition coefficient (Wildman–Crippen LogP) is 3.30. The monoisotopic (exact) mass is 289 g/mol. The Balaban J connectivity index is 1.73. The molecule has 0 bridgehead atoms. The average Bonchev–Trinajstić information content (AvgIpc) is 2.42. The van der Waals surface area contributed by atoms with Gasteiger partial charge >= 0.3 is 0 Å². The van der Waals surface area contributed by atoms with Crippen molar-refractivity contribution >= 4 is 0 Å². The summed E-state index contributed by atoms with van der Waals surface area (Å²) in [6.45, 7) is 9.90. The van der Waals surface area contributed by atoms with Crippen LogP contribution in [0.15, 0.2) is 18.2 Å². The highest BCUT2D eigenvalue weighted by Gasteiger charge is 2.42. The van der Waals surface area contributed by atoms with Gasteiger partial charge in [0.2, 0.25) is 0 Å². The number of aryl methyl sites for hydroxylation is 1. The quantitative estimate of drug-likeness (QED) is 0.906. The number of fused-ring (bicyclic) bond motifs is 1. The Hall–Kier alpha value is -1.06. The van der Waals surface area contributed by atoms with Gasteiger partial charge in [0.15, 0.2) is 0 Å². The second-order valence-electron chi connectivity index (χ2n) is 7.24. The van der Waals surface area contributed by atoms with E-state index >= 15 is 0 Å². The fourth-order valence-corrected chi connectivity index (χ4v) is 3.72. The summed E-state index contributed by atoms with van der Waals surface area (Å²) >= 11 is 0. The number of nitrogens with zero attached hydrogens (tertiary/aromatic N) is 1. The molecule has 0 amide bonds. The molecule has 21 heavy (non-hydrogen) atoms. The Bertz CT molecular complexity index is 504. The van der Waals surface area contributed by atoms with E-state index in [1.54, 1.807) is 0 Å². The smallest absolute Gasteiger partial charge is 0.125 e. The van der Waals surface area contributed by atoms with Gasteiger partial charge in [-0.15, -0.1) is 0 Å². The normalized spacial score (nSPS) is 24.9. The van der Waals surface area contributed by atoms with Gasteiger partial charge in [0.1, 0.15) is 11.4 Å². The van der Waals surface area contributed by atoms with Crippen molar-refractivity contribution in [2.75, 3.05) is 19.6 Å². The highest BCUT2D eigenvalue weighted by molar-refractivity contribution is 5.41. The van der Waals surface area contributed by atoms with Crippen molar-refractivity contribution in [2.24, 2.45) is 5.92 Å². The van der Waals surface area contributed by atoms with Crippen LogP contribution in [-0.2, 0) is 0 Å². The Labute approximate surface area is 127 Å². The van der Waals surface area contributed by atoms with Crippen LogP contribution in [0.1, 0.15) is 50.3 Å². The van der Waals surface area contributed by atoms with Crippen LogP contribution in [0, 0.1) is 12.8 Å². The first-order valence-corrected chi connectivity index (χ1v) is 8.17. The lowest BCUT2D eigenvalue weighted by molar-refractivity contribution is -0.0551. The number of rotatable bonds is 2. The van der Waals surface area contributed by atoms with Crippen molar-refractivity contribution in [2.45, 2.75) is 51.7 Å². The number of aliphatic hydroxyl groups is 1. The molecule has 2 heterocycles. The van der Waals surface area contributed by atoms with Crippen LogP contribution in [-0.4, -0.2) is 35.2 Å². The number of benzene rings is 1. The zero-order valence-corrected chi connectivity index (χ0v) is 13.4. The first kappa shape index (κ1) is 14.9. The summed E-state index contributed by atoms with van der Waals surface area (Å²) < 4.78 is 6.35. The summed E-state index contributed by atoms with van der Waals surface area (Å²) in [5.41, 5.74) is 1.99. The Morgan fingerprint density at radius 1 is 1.33 bits per heavy atom. The molecule has 0 unspecified atom stereocenters. The maximum absolute atomic E-state index is 10.5. The molecule has 3 heteroatoms. The van der Waals surface area contributed by atoms with Gasteiger partial charge in [0, 0.05) is 31.6 Å². The SMILES string of the molecule is Cc1ccc2c(c1)[C@H](O)CC1(CCN(CC(C)C)CC1)O2. The highest BCUT2D eigenvalue weighted by atomic mass is 16.5. The number of aliphatic hydroxyl groups excluding tert-OH is 1. The van der Waals surface area contributed by atoms with E-state index in [0.29, 0.717) is 5.92 Å². The summed E-state index contributed by atoms with van der Waals surface area (Å²) in [5, 5.41) is 10.5. The maximum Gasteiger partial charge on any atom is 0.125 e. The van der Waals surface area contributed by atoms with Crippen molar-refractivity contribution < 1.29 is 9.84 Å². The Morgan fingerprint density at radius 3 is 2.71 bits per heavy atom. The zero-order valence-electron chi connectivity index (χ0n) is 13.4. The molecule has 1 fully saturated rings. The predicted molar refractivity (Wildman–Crippen MR) is 84.6 cm³/mol. The molecule has 1 aromatic carbocycles. The van der Waals surface area contributed by atoms with Crippen molar-refractivity contribution in [1.29, 1.82) is 0 Å². The van der Waals surface area contributed by atoms with E-state index in [0.717, 1.165) is 50.2 Å². The highest BCUT2D eigenvalue weighted by Crippen LogP contribution is 2.44. The zero-order chi connectivity index (χ0) is 15.0. The fourth-order valence-electron chi connectivity index (χ4n) is 3.72. The summed E-state index contributed by atoms with van der Waals surface area (Å²) in [6, 6.07) is 6.15. The van der Waals surface area contributed by atoms with Gasteiger partial charge in [-0.2, -0.15) is 0 Å². The van der Waals surface area contributed by atoms with Crippen molar-refractivity contribution in [3.63, 3.8) is 0 Å². The van der Waals surface area contributed by atoms with E-state index in [2.05, 4.69) is 37.8 Å². The summed E-state index contributed by atoms with van der Waals surface area (Å²) in [7, 11) is 0. The van der Waals surface area contributed by atoms with Crippen LogP contribution < -0.4 is 4.74 Å². The lowest BCUT2D eigenvalue weighted by Gasteiger charge is -2.46. The third-order valence-electron chi connectivity index (χ3n) is 4.81. The minimum Gasteiger partial charge on any atom is -0.487 e. The molecular weight excluding hydrogens is 262 g/mol. The first-order valence-electron chi connectivity index (χ1n) is 8.17. The molecule has 1 saturated heterocycles. The number of piperidine rings is 1. The minimum atomic E-state index is -0.384. The van der Waals surface area contributed by atoms with E-state index in [1.165, 1.54) is 5.56 Å². The van der Waals surface area contributed by atoms with Gasteiger partial charge in [0.05, 0.1) is 6.10 Å². The molecule has 1 N–H and O–H groups in total. The number of ether oxygens (including phenoxy) is 1. The van der Waals surface area contributed by atoms with E-state index in [4.69, 9.17) is 4.74 Å². The van der Waals surface area contributed by atoms with Gasteiger partial charge in [0.25, 0.3) is 0 Å². The third kappa shape index (κ3) is 3.09. The molecule has 2 aliphatic heterocycles. The van der Waals surface area contributed by atoms with E-state index in [9.17, 15) is 5.11 Å². The molecule has 116 valence electrons. The molecule has 1 aromatic rings. The van der Waals surface area contributed by atoms with Gasteiger partial charge in [-0.3, -0.25) is 0 Å². The van der Waals surface area contributed by atoms with Crippen molar-refractivity contribution in [3.05, 3.63) is 29.3 Å². The number of hydrogen-bond donors (Lipinski definition) is 1. The van der Waals surface area contributed by atoms with Crippen LogP contribution in [0.25, 0.3) is 0 Å². The minimum absolute atomic E-state index is 0.158. The second kappa shape index (κ2) is 5.62. The summed E-state index contributed by atoms with van der Waals surface area (Å²) in [5.74, 6) is 1.59. The summed E-state index contributed by atoms with van der Waals surface area (Å²) in [4.78, 5) is 2.52. The molecule has 2 aliphatic rings. The number of likely N-dealkylation sites (tertiary alicyclic amines) is 1. The summed E-state index contributed by atoms with van der Waals surface area (Å²) in [6.07, 6.45) is 2.39. The molecule has 3 rings (SSSR count). The lowest BCUT2D eigenvalue weighted by Crippen LogP contribution is -2.51. The molecule has 0 aliphatic carbocycles.